The van der Waals surface area contributed by atoms with Crippen LogP contribution in [0.3, 0.4) is 0 Å². The summed E-state index contributed by atoms with van der Waals surface area (Å²) in [5.41, 5.74) is -1.70. The van der Waals surface area contributed by atoms with Crippen LogP contribution in [0.25, 0.3) is 0 Å². The number of carboxylic acid groups (broad SMARTS) is 1. The Hall–Kier alpha value is -2.23. The van der Waals surface area contributed by atoms with Crippen LogP contribution >= 0.6 is 0 Å². The second-order valence-corrected chi connectivity index (χ2v) is 3.66. The zero-order valence-electron chi connectivity index (χ0n) is 9.86. The summed E-state index contributed by atoms with van der Waals surface area (Å²) in [5.74, 6) is -2.02. The number of nitrogens with zero attached hydrogens (tertiary/aromatic N) is 1. The Balaban J connectivity index is 3.25. The zero-order chi connectivity index (χ0) is 14.6. The van der Waals surface area contributed by atoms with Crippen LogP contribution in [0, 0.1) is 11.3 Å². The van der Waals surface area contributed by atoms with Crippen LogP contribution < -0.4 is 4.74 Å². The maximum Gasteiger partial charge on any atom is 0.419 e. The van der Waals surface area contributed by atoms with E-state index in [9.17, 15) is 18.0 Å². The van der Waals surface area contributed by atoms with Crippen LogP contribution in [0.2, 0.25) is 0 Å². The molecule has 0 bridgehead atoms. The first-order valence-corrected chi connectivity index (χ1v) is 5.30. The van der Waals surface area contributed by atoms with Crippen LogP contribution in [-0.2, 0) is 6.18 Å². The van der Waals surface area contributed by atoms with Gasteiger partial charge in [0.25, 0.3) is 0 Å². The second-order valence-electron chi connectivity index (χ2n) is 3.66. The van der Waals surface area contributed by atoms with Crippen molar-refractivity contribution < 1.29 is 27.8 Å². The van der Waals surface area contributed by atoms with E-state index in [2.05, 4.69) is 0 Å². The molecular formula is C12H10F3NO3. The van der Waals surface area contributed by atoms with E-state index in [1.807, 2.05) is 0 Å². The van der Waals surface area contributed by atoms with Gasteiger partial charge in [-0.1, -0.05) is 6.92 Å². The van der Waals surface area contributed by atoms with Gasteiger partial charge in [-0.15, -0.1) is 0 Å². The Morgan fingerprint density at radius 3 is 2.58 bits per heavy atom. The molecule has 0 saturated heterocycles. The van der Waals surface area contributed by atoms with Gasteiger partial charge in [0.2, 0.25) is 0 Å². The molecule has 0 heterocycles. The van der Waals surface area contributed by atoms with Crippen LogP contribution in [0.15, 0.2) is 18.2 Å². The van der Waals surface area contributed by atoms with Gasteiger partial charge in [-0.05, 0) is 24.6 Å². The van der Waals surface area contributed by atoms with Gasteiger partial charge in [0, 0.05) is 0 Å². The van der Waals surface area contributed by atoms with Crippen molar-refractivity contribution in [3.63, 3.8) is 0 Å². The van der Waals surface area contributed by atoms with E-state index in [0.717, 1.165) is 12.1 Å². The third-order valence-electron chi connectivity index (χ3n) is 2.32. The molecule has 0 aliphatic heterocycles. The molecule has 1 aromatic rings. The molecule has 4 nitrogen and oxygen atoms in total. The number of nitriles is 1. The van der Waals surface area contributed by atoms with Crippen LogP contribution in [0.5, 0.6) is 5.75 Å². The van der Waals surface area contributed by atoms with Gasteiger partial charge in [0.15, 0.2) is 6.10 Å². The SMILES string of the molecule is CCC(C#N)Oc1ccc(C(=O)O)cc1C(F)(F)F. The molecule has 1 aromatic carbocycles. The minimum absolute atomic E-state index is 0.217. The number of halogens is 3. The lowest BCUT2D eigenvalue weighted by atomic mass is 10.1. The second kappa shape index (κ2) is 5.61. The fourth-order valence-electron chi connectivity index (χ4n) is 1.34. The maximum absolute atomic E-state index is 12.8. The van der Waals surface area contributed by atoms with Gasteiger partial charge in [-0.2, -0.15) is 18.4 Å². The van der Waals surface area contributed by atoms with Crippen molar-refractivity contribution in [3.8, 4) is 11.8 Å². The van der Waals surface area contributed by atoms with Gasteiger partial charge in [-0.25, -0.2) is 4.79 Å². The van der Waals surface area contributed by atoms with Crippen molar-refractivity contribution in [2.45, 2.75) is 25.6 Å². The number of carbonyl (C=O) groups is 1. The van der Waals surface area contributed by atoms with Gasteiger partial charge in [-0.3, -0.25) is 0 Å². The molecule has 0 fully saturated rings. The molecule has 1 N–H and O–H groups in total. The van der Waals surface area contributed by atoms with Crippen molar-refractivity contribution in [2.24, 2.45) is 0 Å². The van der Waals surface area contributed by atoms with Crippen molar-refractivity contribution in [3.05, 3.63) is 29.3 Å². The maximum atomic E-state index is 12.8. The highest BCUT2D eigenvalue weighted by Crippen LogP contribution is 2.37. The average Bonchev–Trinajstić information content (AvgIpc) is 2.34. The van der Waals surface area contributed by atoms with Crippen molar-refractivity contribution in [2.75, 3.05) is 0 Å². The minimum atomic E-state index is -4.76. The minimum Gasteiger partial charge on any atom is -0.478 e. The number of benzene rings is 1. The van der Waals surface area contributed by atoms with Crippen LogP contribution in [0.1, 0.15) is 29.3 Å². The molecule has 7 heteroatoms. The number of carboxylic acids is 1. The molecule has 0 aliphatic carbocycles. The molecule has 1 unspecified atom stereocenters. The fourth-order valence-corrected chi connectivity index (χ4v) is 1.34. The smallest absolute Gasteiger partial charge is 0.419 e. The van der Waals surface area contributed by atoms with E-state index in [1.165, 1.54) is 0 Å². The molecule has 0 aromatic heterocycles. The van der Waals surface area contributed by atoms with Crippen molar-refractivity contribution in [1.29, 1.82) is 5.26 Å². The number of hydrogen-bond acceptors (Lipinski definition) is 3. The summed E-state index contributed by atoms with van der Waals surface area (Å²) in [6.07, 6.45) is -5.56. The first kappa shape index (κ1) is 14.8. The summed E-state index contributed by atoms with van der Waals surface area (Å²) in [4.78, 5) is 10.7. The number of hydrogen-bond donors (Lipinski definition) is 1. The monoisotopic (exact) mass is 273 g/mol. The predicted octanol–water partition coefficient (Wildman–Crippen LogP) is 3.08. The number of ether oxygens (including phenoxy) is 1. The summed E-state index contributed by atoms with van der Waals surface area (Å²) >= 11 is 0. The Bertz CT molecular complexity index is 520. The Labute approximate surface area is 107 Å². The Morgan fingerprint density at radius 2 is 2.16 bits per heavy atom. The van der Waals surface area contributed by atoms with Gasteiger partial charge in [0.05, 0.1) is 11.1 Å². The summed E-state index contributed by atoms with van der Waals surface area (Å²) in [5, 5.41) is 17.4. The van der Waals surface area contributed by atoms with E-state index in [0.29, 0.717) is 6.07 Å². The van der Waals surface area contributed by atoms with E-state index >= 15 is 0 Å². The highest BCUT2D eigenvalue weighted by atomic mass is 19.4. The summed E-state index contributed by atoms with van der Waals surface area (Å²) in [7, 11) is 0. The first-order valence-electron chi connectivity index (χ1n) is 5.30. The summed E-state index contributed by atoms with van der Waals surface area (Å²) in [6.45, 7) is 1.59. The lowest BCUT2D eigenvalue weighted by Gasteiger charge is -2.16. The highest BCUT2D eigenvalue weighted by molar-refractivity contribution is 5.88. The standard InChI is InChI=1S/C12H10F3NO3/c1-2-8(6-16)19-10-4-3-7(11(17)18)5-9(10)12(13,14)15/h3-5,8H,2H2,1H3,(H,17,18). The number of rotatable bonds is 4. The molecule has 0 saturated carbocycles. The molecular weight excluding hydrogens is 263 g/mol. The molecule has 1 rings (SSSR count). The molecule has 0 spiro atoms. The number of aromatic carboxylic acids is 1. The molecule has 102 valence electrons. The van der Waals surface area contributed by atoms with Crippen molar-refractivity contribution in [1.82, 2.24) is 0 Å². The van der Waals surface area contributed by atoms with Gasteiger partial charge in [0.1, 0.15) is 11.8 Å². The summed E-state index contributed by atoms with van der Waals surface area (Å²) in [6, 6.07) is 4.10. The average molecular weight is 273 g/mol. The predicted molar refractivity (Wildman–Crippen MR) is 58.7 cm³/mol. The first-order chi connectivity index (χ1) is 8.79. The largest absolute Gasteiger partial charge is 0.478 e. The quantitative estimate of drug-likeness (QED) is 0.915. The van der Waals surface area contributed by atoms with Crippen LogP contribution in [-0.4, -0.2) is 17.2 Å². The van der Waals surface area contributed by atoms with E-state index in [-0.39, 0.29) is 6.42 Å². The number of alkyl halides is 3. The van der Waals surface area contributed by atoms with Crippen LogP contribution in [0.4, 0.5) is 13.2 Å². The van der Waals surface area contributed by atoms with Gasteiger partial charge >= 0.3 is 12.1 Å². The molecule has 0 aliphatic rings. The molecule has 0 radical (unpaired) electrons. The summed E-state index contributed by atoms with van der Waals surface area (Å²) < 4.78 is 43.3. The lowest BCUT2D eigenvalue weighted by molar-refractivity contribution is -0.139. The topological polar surface area (TPSA) is 70.3 Å². The van der Waals surface area contributed by atoms with E-state index in [4.69, 9.17) is 15.1 Å². The zero-order valence-corrected chi connectivity index (χ0v) is 9.86. The Morgan fingerprint density at radius 1 is 1.53 bits per heavy atom. The fraction of sp³-hybridized carbons (Fsp3) is 0.333. The Kier molecular flexibility index (Phi) is 4.38. The normalized spacial score (nSPS) is 12.6. The molecule has 1 atom stereocenters. The molecule has 0 amide bonds. The van der Waals surface area contributed by atoms with Gasteiger partial charge < -0.3 is 9.84 Å². The highest BCUT2D eigenvalue weighted by Gasteiger charge is 2.35. The van der Waals surface area contributed by atoms with E-state index < -0.39 is 35.1 Å². The molecule has 19 heavy (non-hydrogen) atoms. The van der Waals surface area contributed by atoms with E-state index in [1.54, 1.807) is 13.0 Å². The third-order valence-corrected chi connectivity index (χ3v) is 2.32. The third kappa shape index (κ3) is 3.61. The van der Waals surface area contributed by atoms with Crippen molar-refractivity contribution >= 4 is 5.97 Å². The lowest BCUT2D eigenvalue weighted by Crippen LogP contribution is -2.17.